The number of sulfonamides is 1. The minimum Gasteiger partial charge on any atom is -0.378 e. The summed E-state index contributed by atoms with van der Waals surface area (Å²) < 4.78 is 52.1. The van der Waals surface area contributed by atoms with Gasteiger partial charge in [-0.3, -0.25) is 4.57 Å². The topological polar surface area (TPSA) is 122 Å². The predicted octanol–water partition coefficient (Wildman–Crippen LogP) is 10.0. The highest BCUT2D eigenvalue weighted by Gasteiger charge is 2.32. The van der Waals surface area contributed by atoms with Crippen molar-refractivity contribution in [3.63, 3.8) is 0 Å². The third-order valence-electron chi connectivity index (χ3n) is 8.73. The van der Waals surface area contributed by atoms with Gasteiger partial charge in [0.1, 0.15) is 0 Å². The average Bonchev–Trinajstić information content (AvgIpc) is 3.05. The van der Waals surface area contributed by atoms with Gasteiger partial charge in [-0.2, -0.15) is 0 Å². The molecule has 0 heterocycles. The summed E-state index contributed by atoms with van der Waals surface area (Å²) in [6.07, 6.45) is 26.3. The van der Waals surface area contributed by atoms with Gasteiger partial charge in [0.2, 0.25) is 10.0 Å². The maximum atomic E-state index is 12.9. The summed E-state index contributed by atoms with van der Waals surface area (Å²) in [6.45, 7) is 3.99. The zero-order valence-electron chi connectivity index (χ0n) is 29.9. The lowest BCUT2D eigenvalue weighted by atomic mass is 10.0. The van der Waals surface area contributed by atoms with Crippen molar-refractivity contribution in [3.05, 3.63) is 35.9 Å². The Bertz CT molecular complexity index is 996. The molecule has 3 atom stereocenters. The molecule has 276 valence electrons. The van der Waals surface area contributed by atoms with Crippen LogP contribution in [0.4, 0.5) is 0 Å². The highest BCUT2D eigenvalue weighted by molar-refractivity contribution is 7.89. The second kappa shape index (κ2) is 29.0. The van der Waals surface area contributed by atoms with Crippen LogP contribution in [0.15, 0.2) is 30.3 Å². The first-order valence-electron chi connectivity index (χ1n) is 19.0. The minimum atomic E-state index is -4.44. The van der Waals surface area contributed by atoms with E-state index in [2.05, 4.69) is 18.6 Å². The van der Waals surface area contributed by atoms with E-state index in [1.807, 2.05) is 30.3 Å². The van der Waals surface area contributed by atoms with E-state index in [0.717, 1.165) is 44.1 Å². The maximum Gasteiger partial charge on any atom is 0.358 e. The lowest BCUT2D eigenvalue weighted by Crippen LogP contribution is -2.39. The van der Waals surface area contributed by atoms with Crippen molar-refractivity contribution in [2.75, 3.05) is 19.0 Å². The second-order valence-corrected chi connectivity index (χ2v) is 17.2. The van der Waals surface area contributed by atoms with Crippen LogP contribution in [0.3, 0.4) is 0 Å². The predicted molar refractivity (Wildman–Crippen MR) is 196 cm³/mol. The summed E-state index contributed by atoms with van der Waals surface area (Å²) in [5.74, 6) is -1.69. The molecule has 0 amide bonds. The first-order chi connectivity index (χ1) is 22.7. The van der Waals surface area contributed by atoms with Gasteiger partial charge in [-0.15, -0.1) is 0 Å². The Morgan fingerprint density at radius 3 is 1.62 bits per heavy atom. The van der Waals surface area contributed by atoms with Gasteiger partial charge in [-0.05, 0) is 18.4 Å². The molecule has 0 aliphatic heterocycles. The van der Waals surface area contributed by atoms with E-state index < -0.39 is 29.5 Å². The highest BCUT2D eigenvalue weighted by Crippen LogP contribution is 2.46. The van der Waals surface area contributed by atoms with E-state index in [1.165, 1.54) is 96.3 Å². The van der Waals surface area contributed by atoms with E-state index in [0.29, 0.717) is 12.8 Å². The highest BCUT2D eigenvalue weighted by atomic mass is 32.2. The van der Waals surface area contributed by atoms with Crippen molar-refractivity contribution in [3.8, 4) is 0 Å². The molecule has 0 aliphatic carbocycles. The van der Waals surface area contributed by atoms with Gasteiger partial charge in [0.15, 0.2) is 5.85 Å². The zero-order valence-corrected chi connectivity index (χ0v) is 31.6. The average molecular weight is 704 g/mol. The Labute approximate surface area is 288 Å². The molecular weight excluding hydrogens is 633 g/mol. The van der Waals surface area contributed by atoms with Gasteiger partial charge in [0.05, 0.1) is 25.6 Å². The molecule has 1 rings (SSSR count). The fourth-order valence-corrected chi connectivity index (χ4v) is 7.99. The number of rotatable bonds is 34. The van der Waals surface area contributed by atoms with Gasteiger partial charge < -0.3 is 19.3 Å². The van der Waals surface area contributed by atoms with Crippen LogP contribution in [-0.4, -0.2) is 49.3 Å². The fourth-order valence-electron chi connectivity index (χ4n) is 5.73. The molecule has 0 fully saturated rings. The number of aliphatic hydroxyl groups excluding tert-OH is 1. The molecule has 8 nitrogen and oxygen atoms in total. The molecule has 1 aromatic rings. The van der Waals surface area contributed by atoms with Gasteiger partial charge >= 0.3 is 7.60 Å². The Kier molecular flexibility index (Phi) is 27.3. The normalized spacial score (nSPS) is 14.6. The summed E-state index contributed by atoms with van der Waals surface area (Å²) in [7, 11) is -8.02. The van der Waals surface area contributed by atoms with Crippen molar-refractivity contribution in [1.82, 2.24) is 4.72 Å². The molecule has 47 heavy (non-hydrogen) atoms. The van der Waals surface area contributed by atoms with E-state index in [1.54, 1.807) is 0 Å². The second-order valence-electron chi connectivity index (χ2n) is 13.3. The zero-order chi connectivity index (χ0) is 34.5. The maximum absolute atomic E-state index is 12.9. The largest absolute Gasteiger partial charge is 0.378 e. The standard InChI is InChI=1S/C37H70NO7PS/c1-3-5-7-9-11-13-14-15-16-17-18-19-21-26-30-36(38-47(42,43)31-27-22-20-12-10-8-6-4-2)33-45-46(40,41)37(39)34-44-32-35-28-24-23-25-29-35/h23-25,28-29,36-39H,3-22,26-27,30-34H2,1-2H3,(H,40,41). The summed E-state index contributed by atoms with van der Waals surface area (Å²) in [6, 6.07) is 8.70. The van der Waals surface area contributed by atoms with Gasteiger partial charge in [-0.25, -0.2) is 13.1 Å². The van der Waals surface area contributed by atoms with E-state index >= 15 is 0 Å². The van der Waals surface area contributed by atoms with E-state index in [-0.39, 0.29) is 25.6 Å². The third-order valence-corrected chi connectivity index (χ3v) is 11.7. The summed E-state index contributed by atoms with van der Waals surface area (Å²) in [4.78, 5) is 10.4. The molecule has 0 spiro atoms. The molecule has 0 aliphatic rings. The Balaban J connectivity index is 2.45. The molecule has 3 unspecified atom stereocenters. The first kappa shape index (κ1) is 44.2. The van der Waals surface area contributed by atoms with Crippen LogP contribution >= 0.6 is 7.60 Å². The Morgan fingerprint density at radius 2 is 1.13 bits per heavy atom. The minimum absolute atomic E-state index is 0.0317. The summed E-state index contributed by atoms with van der Waals surface area (Å²) in [5, 5.41) is 10.3. The van der Waals surface area contributed by atoms with E-state index in [4.69, 9.17) is 9.26 Å². The van der Waals surface area contributed by atoms with Crippen LogP contribution in [0.1, 0.15) is 167 Å². The molecule has 1 aromatic carbocycles. The lowest BCUT2D eigenvalue weighted by molar-refractivity contribution is 0.0471. The Hall–Kier alpha value is -0.800. The number of aliphatic hydroxyl groups is 1. The SMILES string of the molecule is CCCCCCCCCCCCCCCCC(COP(=O)(O)C(O)COCc1ccccc1)NS(=O)(=O)CCCCCCCCCC. The van der Waals surface area contributed by atoms with Gasteiger partial charge in [0, 0.05) is 6.04 Å². The van der Waals surface area contributed by atoms with Crippen LogP contribution in [-0.2, 0) is 30.5 Å². The summed E-state index contributed by atoms with van der Waals surface area (Å²) in [5.41, 5.74) is 0.882. The third kappa shape index (κ3) is 25.8. The number of benzene rings is 1. The van der Waals surface area contributed by atoms with E-state index in [9.17, 15) is 23.0 Å². The smallest absolute Gasteiger partial charge is 0.358 e. The van der Waals surface area contributed by atoms with Crippen molar-refractivity contribution in [1.29, 1.82) is 0 Å². The number of unbranched alkanes of at least 4 members (excludes halogenated alkanes) is 20. The van der Waals surface area contributed by atoms with Gasteiger partial charge in [0.25, 0.3) is 0 Å². The molecule has 3 N–H and O–H groups in total. The van der Waals surface area contributed by atoms with Crippen LogP contribution in [0, 0.1) is 0 Å². The fraction of sp³-hybridized carbons (Fsp3) is 0.838. The molecular formula is C37H70NO7PS. The number of hydrogen-bond donors (Lipinski definition) is 3. The van der Waals surface area contributed by atoms with Crippen molar-refractivity contribution < 1.29 is 32.2 Å². The first-order valence-corrected chi connectivity index (χ1v) is 22.3. The van der Waals surface area contributed by atoms with Crippen molar-refractivity contribution in [2.24, 2.45) is 0 Å². The van der Waals surface area contributed by atoms with Crippen LogP contribution in [0.25, 0.3) is 0 Å². The monoisotopic (exact) mass is 703 g/mol. The molecule has 0 aromatic heterocycles. The summed E-state index contributed by atoms with van der Waals surface area (Å²) >= 11 is 0. The van der Waals surface area contributed by atoms with Gasteiger partial charge in [-0.1, -0.05) is 179 Å². The Morgan fingerprint density at radius 1 is 0.681 bits per heavy atom. The number of ether oxygens (including phenoxy) is 1. The quantitative estimate of drug-likeness (QED) is 0.0482. The molecule has 10 heteroatoms. The molecule has 0 saturated heterocycles. The molecule has 0 bridgehead atoms. The number of hydrogen-bond acceptors (Lipinski definition) is 6. The van der Waals surface area contributed by atoms with Crippen molar-refractivity contribution >= 4 is 17.6 Å². The number of nitrogens with one attached hydrogen (secondary N) is 1. The lowest BCUT2D eigenvalue weighted by Gasteiger charge is -2.23. The molecule has 0 radical (unpaired) electrons. The van der Waals surface area contributed by atoms with Crippen LogP contribution < -0.4 is 4.72 Å². The molecule has 0 saturated carbocycles. The van der Waals surface area contributed by atoms with Crippen LogP contribution in [0.2, 0.25) is 0 Å². The van der Waals surface area contributed by atoms with Crippen LogP contribution in [0.5, 0.6) is 0 Å². The van der Waals surface area contributed by atoms with Crippen molar-refractivity contribution in [2.45, 2.75) is 180 Å².